The van der Waals surface area contributed by atoms with Crippen LogP contribution in [0.3, 0.4) is 0 Å². The molecule has 8 aromatic carbocycles. The monoisotopic (exact) mass is 752 g/mol. The maximum atomic E-state index is 9.17. The van der Waals surface area contributed by atoms with Gasteiger partial charge in [0.15, 0.2) is 23.0 Å². The first-order valence-corrected chi connectivity index (χ1v) is 19.3. The molecule has 5 heteroatoms. The van der Waals surface area contributed by atoms with E-state index >= 15 is 0 Å². The molecule has 58 heavy (non-hydrogen) atoms. The predicted octanol–water partition coefficient (Wildman–Crippen LogP) is 13.6. The molecule has 9 aromatic rings. The number of aryl methyl sites for hydroxylation is 1. The summed E-state index contributed by atoms with van der Waals surface area (Å²) >= 11 is 0. The average Bonchev–Trinajstić information content (AvgIpc) is 3.80. The highest BCUT2D eigenvalue weighted by Crippen LogP contribution is 2.62. The Balaban J connectivity index is 0.000000388. The largest absolute Gasteiger partial charge is 0.456 e. The lowest BCUT2D eigenvalue weighted by molar-refractivity contribution is 0.360. The number of aliphatic imine (C=N–C) groups is 1. The number of hydrogen-bond acceptors (Lipinski definition) is 5. The third-order valence-electron chi connectivity index (χ3n) is 10.8. The fraction of sp³-hybridized carbons (Fsp3) is 0.0566. The zero-order chi connectivity index (χ0) is 39.6. The van der Waals surface area contributed by atoms with Gasteiger partial charge in [-0.2, -0.15) is 0 Å². The molecule has 2 heterocycles. The molecule has 0 fully saturated rings. The summed E-state index contributed by atoms with van der Waals surface area (Å²) < 4.78 is 19.5. The van der Waals surface area contributed by atoms with Crippen LogP contribution in [0.15, 0.2) is 197 Å². The van der Waals surface area contributed by atoms with Gasteiger partial charge in [0.1, 0.15) is 11.2 Å². The second kappa shape index (κ2) is 15.2. The zero-order valence-electron chi connectivity index (χ0n) is 32.3. The first-order valence-electron chi connectivity index (χ1n) is 19.3. The second-order valence-corrected chi connectivity index (χ2v) is 14.4. The number of hydrogen-bond donors (Lipinski definition) is 1. The number of furan rings is 1. The molecule has 0 radical (unpaired) electrons. The summed E-state index contributed by atoms with van der Waals surface area (Å²) in [5.41, 5.74) is 11.1. The highest BCUT2D eigenvalue weighted by atomic mass is 16.6. The van der Waals surface area contributed by atoms with Crippen LogP contribution in [0, 0.1) is 12.3 Å². The van der Waals surface area contributed by atoms with E-state index in [2.05, 4.69) is 128 Å². The van der Waals surface area contributed by atoms with E-state index in [0.29, 0.717) is 28.7 Å². The minimum absolute atomic E-state index is 0.380. The molecule has 1 N–H and O–H groups in total. The average molecular weight is 753 g/mol. The zero-order valence-corrected chi connectivity index (χ0v) is 32.3. The predicted molar refractivity (Wildman–Crippen MR) is 237 cm³/mol. The van der Waals surface area contributed by atoms with Crippen molar-refractivity contribution in [3.8, 4) is 34.1 Å². The first-order chi connectivity index (χ1) is 28.5. The quantitative estimate of drug-likeness (QED) is 0.182. The molecule has 0 atom stereocenters. The number of ether oxygens (including phenoxy) is 2. The van der Waals surface area contributed by atoms with Gasteiger partial charge in [0.05, 0.1) is 11.1 Å². The lowest BCUT2D eigenvalue weighted by Crippen LogP contribution is -2.28. The minimum Gasteiger partial charge on any atom is -0.456 e. The van der Waals surface area contributed by atoms with Gasteiger partial charge < -0.3 is 18.9 Å². The van der Waals surface area contributed by atoms with Crippen LogP contribution in [0.1, 0.15) is 38.9 Å². The van der Waals surface area contributed by atoms with E-state index in [0.717, 1.165) is 49.8 Å². The summed E-state index contributed by atoms with van der Waals surface area (Å²) in [5.74, 6) is 2.56. The summed E-state index contributed by atoms with van der Waals surface area (Å²) in [4.78, 5) is 3.25. The van der Waals surface area contributed by atoms with Crippen LogP contribution in [0.5, 0.6) is 23.0 Å². The lowest BCUT2D eigenvalue weighted by atomic mass is 9.68. The fourth-order valence-corrected chi connectivity index (χ4v) is 8.30. The van der Waals surface area contributed by atoms with Gasteiger partial charge >= 0.3 is 0 Å². The first kappa shape index (κ1) is 36.2. The van der Waals surface area contributed by atoms with Crippen molar-refractivity contribution in [3.63, 3.8) is 0 Å². The van der Waals surface area contributed by atoms with Crippen molar-refractivity contribution >= 4 is 34.4 Å². The Morgan fingerprint density at radius 2 is 1.10 bits per heavy atom. The van der Waals surface area contributed by atoms with Gasteiger partial charge in [-0.1, -0.05) is 151 Å². The van der Waals surface area contributed by atoms with Gasteiger partial charge in [-0.15, -0.1) is 0 Å². The highest BCUT2D eigenvalue weighted by Gasteiger charge is 2.48. The molecular weight excluding hydrogens is 713 g/mol. The Morgan fingerprint density at radius 1 is 0.534 bits per heavy atom. The van der Waals surface area contributed by atoms with E-state index < -0.39 is 5.41 Å². The fourth-order valence-electron chi connectivity index (χ4n) is 8.30. The molecule has 2 aliphatic rings. The van der Waals surface area contributed by atoms with Crippen LogP contribution in [-0.2, 0) is 5.41 Å². The molecular formula is C53H40N2O3. The summed E-state index contributed by atoms with van der Waals surface area (Å²) in [6, 6.07) is 64.2. The van der Waals surface area contributed by atoms with E-state index in [1.165, 1.54) is 22.3 Å². The van der Waals surface area contributed by atoms with Crippen LogP contribution < -0.4 is 9.47 Å². The van der Waals surface area contributed by atoms with Gasteiger partial charge in [0, 0.05) is 34.5 Å². The molecule has 1 aliphatic heterocycles. The van der Waals surface area contributed by atoms with Crippen LogP contribution >= 0.6 is 0 Å². The van der Waals surface area contributed by atoms with E-state index in [4.69, 9.17) is 19.3 Å². The molecule has 0 unspecified atom stereocenters. The van der Waals surface area contributed by atoms with Crippen molar-refractivity contribution in [2.24, 2.45) is 4.99 Å². The van der Waals surface area contributed by atoms with E-state index in [9.17, 15) is 0 Å². The topological polar surface area (TPSA) is 67.8 Å². The Hall–Kier alpha value is -7.50. The van der Waals surface area contributed by atoms with Crippen LogP contribution in [0.4, 0.5) is 0 Å². The molecule has 0 saturated heterocycles. The maximum Gasteiger partial charge on any atom is 0.178 e. The Labute approximate surface area is 338 Å². The summed E-state index contributed by atoms with van der Waals surface area (Å²) in [6.45, 7) is 5.19. The van der Waals surface area contributed by atoms with Crippen LogP contribution in [0.25, 0.3) is 33.1 Å². The van der Waals surface area contributed by atoms with E-state index in [1.54, 1.807) is 7.05 Å². The molecule has 0 saturated carbocycles. The summed E-state index contributed by atoms with van der Waals surface area (Å²) in [5, 5.41) is 11.3. The normalized spacial score (nSPS) is 12.5. The molecule has 1 aliphatic carbocycles. The molecule has 0 amide bonds. The van der Waals surface area contributed by atoms with Crippen molar-refractivity contribution in [2.45, 2.75) is 12.3 Å². The Morgan fingerprint density at radius 3 is 1.79 bits per heavy atom. The standard InChI is InChI=1S/C44H27NO3.C7H8.C2H5N/c45-42(27-19-21-32-31-15-8-10-18-36(31)46-39(32)25-27)28-20-23-37-40(26-28)48-43-38(47-37)24-22-35-41(43)33-16-7-9-17-34(33)44(35,29-11-3-1-4-12-29)30-13-5-2-6-14-30;1-7-5-3-2-4-6-7;1-3-2/h1-26,45H;2-6H,1H3;1H2,2H3. The molecule has 0 spiro atoms. The molecule has 5 nitrogen and oxygen atoms in total. The van der Waals surface area contributed by atoms with E-state index in [1.807, 2.05) is 78.9 Å². The van der Waals surface area contributed by atoms with Crippen molar-refractivity contribution < 1.29 is 13.9 Å². The Kier molecular flexibility index (Phi) is 9.48. The molecule has 280 valence electrons. The smallest absolute Gasteiger partial charge is 0.178 e. The third-order valence-corrected chi connectivity index (χ3v) is 10.8. The van der Waals surface area contributed by atoms with Crippen LogP contribution in [-0.4, -0.2) is 19.5 Å². The van der Waals surface area contributed by atoms with Gasteiger partial charge in [-0.05, 0) is 83.9 Å². The summed E-state index contributed by atoms with van der Waals surface area (Å²) in [7, 11) is 1.64. The Bertz CT molecular complexity index is 2910. The second-order valence-electron chi connectivity index (χ2n) is 14.4. The number of para-hydroxylation sites is 1. The molecule has 1 aromatic heterocycles. The van der Waals surface area contributed by atoms with Crippen LogP contribution in [0.2, 0.25) is 0 Å². The van der Waals surface area contributed by atoms with Gasteiger partial charge in [0.25, 0.3) is 0 Å². The third kappa shape index (κ3) is 6.14. The molecule has 11 rings (SSSR count). The number of fused-ring (bicyclic) bond motifs is 9. The van der Waals surface area contributed by atoms with Crippen molar-refractivity contribution in [3.05, 3.63) is 227 Å². The number of benzene rings is 8. The van der Waals surface area contributed by atoms with Crippen molar-refractivity contribution in [2.75, 3.05) is 7.05 Å². The SMILES string of the molecule is C=NC.Cc1ccccc1.N=C(c1ccc2c(c1)Oc1c(ccc3c1-c1ccccc1C3(c1ccccc1)c1ccccc1)O2)c1ccc2c(c1)oc1ccccc12. The lowest BCUT2D eigenvalue weighted by Gasteiger charge is -2.34. The van der Waals surface area contributed by atoms with Crippen molar-refractivity contribution in [1.29, 1.82) is 5.41 Å². The number of rotatable bonds is 4. The minimum atomic E-state index is -0.535. The number of nitrogens with zero attached hydrogens (tertiary/aromatic N) is 1. The van der Waals surface area contributed by atoms with Crippen molar-refractivity contribution in [1.82, 2.24) is 0 Å². The summed E-state index contributed by atoms with van der Waals surface area (Å²) in [6.07, 6.45) is 0. The molecule has 0 bridgehead atoms. The van der Waals surface area contributed by atoms with E-state index in [-0.39, 0.29) is 0 Å². The number of nitrogens with one attached hydrogen (secondary N) is 1. The van der Waals surface area contributed by atoms with Gasteiger partial charge in [-0.25, -0.2) is 0 Å². The van der Waals surface area contributed by atoms with Gasteiger partial charge in [-0.3, -0.25) is 5.41 Å². The van der Waals surface area contributed by atoms with Gasteiger partial charge in [0.2, 0.25) is 0 Å². The highest BCUT2D eigenvalue weighted by molar-refractivity contribution is 6.14. The maximum absolute atomic E-state index is 9.17.